The minimum absolute atomic E-state index is 0. The van der Waals surface area contributed by atoms with Crippen LogP contribution in [0.15, 0.2) is 53.5 Å². The van der Waals surface area contributed by atoms with E-state index >= 15 is 0 Å². The molecule has 2 unspecified atom stereocenters. The number of halogens is 3. The molecular formula is C21H23BrClFN2OS. The topological polar surface area (TPSA) is 35.8 Å². The molecule has 28 heavy (non-hydrogen) atoms. The van der Waals surface area contributed by atoms with Crippen LogP contribution in [-0.2, 0) is 0 Å². The van der Waals surface area contributed by atoms with Crippen LogP contribution < -0.4 is 0 Å². The zero-order chi connectivity index (χ0) is 19.2. The lowest BCUT2D eigenvalue weighted by Gasteiger charge is -2.45. The van der Waals surface area contributed by atoms with Gasteiger partial charge in [0, 0.05) is 29.3 Å². The first-order valence-electron chi connectivity index (χ1n) is 8.97. The van der Waals surface area contributed by atoms with Crippen LogP contribution in [0.2, 0.25) is 5.02 Å². The summed E-state index contributed by atoms with van der Waals surface area (Å²) in [5.41, 5.74) is 0.441. The van der Waals surface area contributed by atoms with Gasteiger partial charge in [-0.2, -0.15) is 0 Å². The van der Waals surface area contributed by atoms with Gasteiger partial charge in [0.2, 0.25) is 0 Å². The number of hydrogen-bond acceptors (Lipinski definition) is 4. The monoisotopic (exact) mass is 484 g/mol. The lowest BCUT2D eigenvalue weighted by atomic mass is 9.80. The normalized spacial score (nSPS) is 24.2. The zero-order valence-corrected chi connectivity index (χ0v) is 19.0. The maximum absolute atomic E-state index is 13.6. The molecule has 150 valence electrons. The predicted molar refractivity (Wildman–Crippen MR) is 120 cm³/mol. The molecule has 0 spiro atoms. The maximum Gasteiger partial charge on any atom is 0.161 e. The van der Waals surface area contributed by atoms with E-state index in [-0.39, 0.29) is 28.2 Å². The standard InChI is InChI=1S/C21H22ClFN2OS.BrH/c1-20(2)11-24-19-25(12-20)21(26,13-27-19)18(14-7-9-15(23)10-8-14)16-5-3-4-6-17(16)22;/h3-10,18,26H,11-13H2,1-2H3;1H. The predicted octanol–water partition coefficient (Wildman–Crippen LogP) is 5.32. The summed E-state index contributed by atoms with van der Waals surface area (Å²) in [4.78, 5) is 6.71. The number of thioether (sulfide) groups is 1. The molecule has 0 amide bonds. The van der Waals surface area contributed by atoms with Gasteiger partial charge >= 0.3 is 0 Å². The Bertz CT molecular complexity index is 892. The molecular weight excluding hydrogens is 463 g/mol. The third-order valence-corrected chi connectivity index (χ3v) is 6.74. The van der Waals surface area contributed by atoms with Gasteiger partial charge in [-0.25, -0.2) is 4.39 Å². The Balaban J connectivity index is 0.00000225. The molecule has 3 nitrogen and oxygen atoms in total. The van der Waals surface area contributed by atoms with Crippen molar-refractivity contribution in [3.63, 3.8) is 0 Å². The highest BCUT2D eigenvalue weighted by Crippen LogP contribution is 2.48. The van der Waals surface area contributed by atoms with E-state index in [0.717, 1.165) is 22.8 Å². The number of fused-ring (bicyclic) bond motifs is 1. The van der Waals surface area contributed by atoms with Crippen molar-refractivity contribution in [2.45, 2.75) is 25.5 Å². The molecule has 2 atom stereocenters. The maximum atomic E-state index is 13.6. The molecule has 0 saturated carbocycles. The molecule has 0 aromatic heterocycles. The van der Waals surface area contributed by atoms with Gasteiger partial charge in [-0.15, -0.1) is 17.0 Å². The fourth-order valence-electron chi connectivity index (χ4n) is 3.89. The van der Waals surface area contributed by atoms with Gasteiger partial charge in [0.1, 0.15) is 5.82 Å². The van der Waals surface area contributed by atoms with Crippen molar-refractivity contribution < 1.29 is 9.50 Å². The number of hydrogen-bond donors (Lipinski definition) is 1. The van der Waals surface area contributed by atoms with Crippen molar-refractivity contribution in [1.82, 2.24) is 4.90 Å². The summed E-state index contributed by atoms with van der Waals surface area (Å²) in [5, 5.41) is 13.4. The summed E-state index contributed by atoms with van der Waals surface area (Å²) in [6, 6.07) is 13.9. The van der Waals surface area contributed by atoms with Crippen LogP contribution in [0.3, 0.4) is 0 Å². The number of rotatable bonds is 3. The van der Waals surface area contributed by atoms with Gasteiger partial charge in [0.05, 0.1) is 5.92 Å². The fraction of sp³-hybridized carbons (Fsp3) is 0.381. The van der Waals surface area contributed by atoms with E-state index in [4.69, 9.17) is 16.6 Å². The van der Waals surface area contributed by atoms with E-state index in [0.29, 0.717) is 17.3 Å². The first-order valence-corrected chi connectivity index (χ1v) is 10.3. The molecule has 2 aromatic rings. The summed E-state index contributed by atoms with van der Waals surface area (Å²) in [6.45, 7) is 5.75. The largest absolute Gasteiger partial charge is 0.369 e. The summed E-state index contributed by atoms with van der Waals surface area (Å²) in [5.74, 6) is -0.235. The Morgan fingerprint density at radius 1 is 1.18 bits per heavy atom. The van der Waals surface area contributed by atoms with Gasteiger partial charge in [0.15, 0.2) is 10.9 Å². The van der Waals surface area contributed by atoms with Crippen LogP contribution in [0, 0.1) is 11.2 Å². The highest BCUT2D eigenvalue weighted by Gasteiger charge is 2.53. The van der Waals surface area contributed by atoms with E-state index < -0.39 is 11.6 Å². The van der Waals surface area contributed by atoms with Crippen molar-refractivity contribution in [3.05, 3.63) is 70.5 Å². The number of benzene rings is 2. The second-order valence-corrected chi connectivity index (χ2v) is 9.37. The van der Waals surface area contributed by atoms with Crippen molar-refractivity contribution in [1.29, 1.82) is 0 Å². The van der Waals surface area contributed by atoms with Gasteiger partial charge in [-0.05, 0) is 29.3 Å². The van der Waals surface area contributed by atoms with Crippen LogP contribution >= 0.6 is 40.3 Å². The Hall–Kier alpha value is -1.08. The zero-order valence-electron chi connectivity index (χ0n) is 15.7. The Kier molecular flexibility index (Phi) is 6.16. The van der Waals surface area contributed by atoms with E-state index in [2.05, 4.69) is 13.8 Å². The molecule has 1 fully saturated rings. The Labute approximate surface area is 184 Å². The third-order valence-electron chi connectivity index (χ3n) is 5.22. The second-order valence-electron chi connectivity index (χ2n) is 8.02. The van der Waals surface area contributed by atoms with Crippen LogP contribution in [0.5, 0.6) is 0 Å². The van der Waals surface area contributed by atoms with Crippen molar-refractivity contribution in [2.75, 3.05) is 18.8 Å². The molecule has 2 heterocycles. The molecule has 1 saturated heterocycles. The summed E-state index contributed by atoms with van der Waals surface area (Å²) >= 11 is 8.10. The minimum atomic E-state index is -1.19. The first-order chi connectivity index (χ1) is 12.8. The van der Waals surface area contributed by atoms with Gasteiger partial charge in [0.25, 0.3) is 0 Å². The Morgan fingerprint density at radius 2 is 1.86 bits per heavy atom. The summed E-state index contributed by atoms with van der Waals surface area (Å²) in [7, 11) is 0. The van der Waals surface area contributed by atoms with E-state index in [1.54, 1.807) is 23.9 Å². The Morgan fingerprint density at radius 3 is 2.54 bits per heavy atom. The van der Waals surface area contributed by atoms with E-state index in [1.807, 2.05) is 29.2 Å². The second kappa shape index (κ2) is 7.98. The quantitative estimate of drug-likeness (QED) is 0.639. The lowest BCUT2D eigenvalue weighted by Crippen LogP contribution is -2.57. The molecule has 2 aliphatic heterocycles. The summed E-state index contributed by atoms with van der Waals surface area (Å²) in [6.07, 6.45) is 0. The number of aliphatic hydroxyl groups is 1. The van der Waals surface area contributed by atoms with Crippen molar-refractivity contribution >= 4 is 45.5 Å². The van der Waals surface area contributed by atoms with Crippen LogP contribution in [-0.4, -0.2) is 39.7 Å². The molecule has 2 aliphatic rings. The average molecular weight is 486 g/mol. The first kappa shape index (κ1) is 21.6. The molecule has 1 N–H and O–H groups in total. The molecule has 0 bridgehead atoms. The third kappa shape index (κ3) is 3.84. The van der Waals surface area contributed by atoms with E-state index in [1.165, 1.54) is 12.1 Å². The molecule has 4 rings (SSSR count). The average Bonchev–Trinajstić information content (AvgIpc) is 2.94. The van der Waals surface area contributed by atoms with Gasteiger partial charge < -0.3 is 10.0 Å². The molecule has 2 aromatic carbocycles. The highest BCUT2D eigenvalue weighted by molar-refractivity contribution is 8.93. The van der Waals surface area contributed by atoms with Crippen molar-refractivity contribution in [2.24, 2.45) is 10.4 Å². The number of aliphatic imine (C=N–C) groups is 1. The van der Waals surface area contributed by atoms with Gasteiger partial charge in [-0.3, -0.25) is 4.99 Å². The smallest absolute Gasteiger partial charge is 0.161 e. The van der Waals surface area contributed by atoms with E-state index in [9.17, 15) is 9.50 Å². The minimum Gasteiger partial charge on any atom is -0.369 e. The fourth-order valence-corrected chi connectivity index (χ4v) is 5.33. The van der Waals surface area contributed by atoms with Gasteiger partial charge in [-0.1, -0.05) is 67.5 Å². The number of amidine groups is 1. The molecule has 0 radical (unpaired) electrons. The van der Waals surface area contributed by atoms with Crippen LogP contribution in [0.1, 0.15) is 30.9 Å². The molecule has 7 heteroatoms. The van der Waals surface area contributed by atoms with Crippen molar-refractivity contribution in [3.8, 4) is 0 Å². The summed E-state index contributed by atoms with van der Waals surface area (Å²) < 4.78 is 13.6. The SMILES string of the molecule is Br.CC1(C)CN=C2SCC(O)(C(c3ccc(F)cc3)c3ccccc3Cl)N2C1. The van der Waals surface area contributed by atoms with Crippen LogP contribution in [0.25, 0.3) is 0 Å². The molecule has 0 aliphatic carbocycles. The highest BCUT2D eigenvalue weighted by atomic mass is 79.9. The van der Waals surface area contributed by atoms with Crippen LogP contribution in [0.4, 0.5) is 4.39 Å². The lowest BCUT2D eigenvalue weighted by molar-refractivity contribution is -0.0703. The number of nitrogens with zero attached hydrogens (tertiary/aromatic N) is 2.